The molecule has 1 atom stereocenters. The third-order valence-corrected chi connectivity index (χ3v) is 5.03. The molecule has 0 saturated carbocycles. The summed E-state index contributed by atoms with van der Waals surface area (Å²) in [6.45, 7) is 0. The third-order valence-electron chi connectivity index (χ3n) is 3.14. The molecule has 104 valence electrons. The number of sulfone groups is 1. The molecule has 1 aliphatic rings. The maximum Gasteiger partial charge on any atom is 0.224 e. The molecule has 2 rings (SSSR count). The first-order valence-corrected chi connectivity index (χ1v) is 8.02. The number of halogens is 1. The van der Waals surface area contributed by atoms with E-state index in [4.69, 9.17) is 0 Å². The van der Waals surface area contributed by atoms with Gasteiger partial charge in [-0.2, -0.15) is 0 Å². The summed E-state index contributed by atoms with van der Waals surface area (Å²) in [4.78, 5) is 11.8. The first-order valence-electron chi connectivity index (χ1n) is 6.20. The molecule has 1 aromatic rings. The molecule has 0 radical (unpaired) electrons. The molecular formula is C13H16FNO3S. The Morgan fingerprint density at radius 2 is 2.21 bits per heavy atom. The number of hydrogen-bond donors (Lipinski definition) is 1. The van der Waals surface area contributed by atoms with Gasteiger partial charge in [0.2, 0.25) is 5.91 Å². The first kappa shape index (κ1) is 14.0. The molecule has 1 aromatic carbocycles. The van der Waals surface area contributed by atoms with Crippen molar-refractivity contribution < 1.29 is 17.6 Å². The molecule has 1 unspecified atom stereocenters. The van der Waals surface area contributed by atoms with Crippen molar-refractivity contribution >= 4 is 21.4 Å². The van der Waals surface area contributed by atoms with E-state index in [1.54, 1.807) is 6.07 Å². The summed E-state index contributed by atoms with van der Waals surface area (Å²) in [7, 11) is -3.00. The summed E-state index contributed by atoms with van der Waals surface area (Å²) in [5, 5.41) is 2.58. The zero-order chi connectivity index (χ0) is 13.9. The standard InChI is InChI=1S/C13H16FNO3S/c14-11-4-1-5-12(8-11)15-13(16)7-10-3-2-6-19(17,18)9-10/h1,4-5,8,10H,2-3,6-7,9H2,(H,15,16). The number of carbonyl (C=O) groups excluding carboxylic acids is 1. The van der Waals surface area contributed by atoms with E-state index in [2.05, 4.69) is 5.32 Å². The van der Waals surface area contributed by atoms with Gasteiger partial charge in [0.1, 0.15) is 5.82 Å². The third kappa shape index (κ3) is 4.31. The lowest BCUT2D eigenvalue weighted by Crippen LogP contribution is -2.28. The van der Waals surface area contributed by atoms with Gasteiger partial charge in [0.05, 0.1) is 11.5 Å². The Kier molecular flexibility index (Phi) is 4.19. The van der Waals surface area contributed by atoms with Crippen molar-refractivity contribution in [1.82, 2.24) is 0 Å². The Hall–Kier alpha value is -1.43. The van der Waals surface area contributed by atoms with Crippen LogP contribution in [0.4, 0.5) is 10.1 Å². The van der Waals surface area contributed by atoms with E-state index in [-0.39, 0.29) is 29.8 Å². The van der Waals surface area contributed by atoms with Crippen LogP contribution in [0.15, 0.2) is 24.3 Å². The van der Waals surface area contributed by atoms with Gasteiger partial charge in [0.15, 0.2) is 9.84 Å². The Morgan fingerprint density at radius 3 is 2.89 bits per heavy atom. The lowest BCUT2D eigenvalue weighted by Gasteiger charge is -2.21. The molecule has 6 heteroatoms. The van der Waals surface area contributed by atoms with Gasteiger partial charge in [0, 0.05) is 12.1 Å². The maximum atomic E-state index is 12.9. The molecule has 1 heterocycles. The van der Waals surface area contributed by atoms with E-state index in [1.165, 1.54) is 18.2 Å². The van der Waals surface area contributed by atoms with E-state index in [0.29, 0.717) is 12.1 Å². The minimum atomic E-state index is -3.00. The number of nitrogens with one attached hydrogen (secondary N) is 1. The van der Waals surface area contributed by atoms with Crippen LogP contribution in [0.2, 0.25) is 0 Å². The van der Waals surface area contributed by atoms with Crippen molar-refractivity contribution in [2.75, 3.05) is 16.8 Å². The number of rotatable bonds is 3. The predicted octanol–water partition coefficient (Wildman–Crippen LogP) is 1.98. The highest BCUT2D eigenvalue weighted by atomic mass is 32.2. The van der Waals surface area contributed by atoms with Crippen molar-refractivity contribution in [2.24, 2.45) is 5.92 Å². The van der Waals surface area contributed by atoms with Gasteiger partial charge in [-0.05, 0) is 37.0 Å². The summed E-state index contributed by atoms with van der Waals surface area (Å²) in [6.07, 6.45) is 1.52. The highest BCUT2D eigenvalue weighted by Crippen LogP contribution is 2.22. The Labute approximate surface area is 111 Å². The number of amides is 1. The fraction of sp³-hybridized carbons (Fsp3) is 0.462. The van der Waals surface area contributed by atoms with Crippen LogP contribution in [-0.2, 0) is 14.6 Å². The molecule has 1 amide bonds. The molecule has 0 bridgehead atoms. The van der Waals surface area contributed by atoms with E-state index >= 15 is 0 Å². The number of hydrogen-bond acceptors (Lipinski definition) is 3. The fourth-order valence-electron chi connectivity index (χ4n) is 2.32. The zero-order valence-electron chi connectivity index (χ0n) is 10.4. The van der Waals surface area contributed by atoms with Crippen LogP contribution in [-0.4, -0.2) is 25.8 Å². The summed E-state index contributed by atoms with van der Waals surface area (Å²) in [5.74, 6) is -0.531. The van der Waals surface area contributed by atoms with Crippen molar-refractivity contribution in [3.05, 3.63) is 30.1 Å². The van der Waals surface area contributed by atoms with Crippen molar-refractivity contribution in [2.45, 2.75) is 19.3 Å². The smallest absolute Gasteiger partial charge is 0.224 e. The molecule has 4 nitrogen and oxygen atoms in total. The summed E-state index contributed by atoms with van der Waals surface area (Å²) < 4.78 is 35.9. The minimum absolute atomic E-state index is 0.0730. The lowest BCUT2D eigenvalue weighted by atomic mass is 10.0. The highest BCUT2D eigenvalue weighted by Gasteiger charge is 2.26. The van der Waals surface area contributed by atoms with Gasteiger partial charge in [-0.25, -0.2) is 12.8 Å². The second-order valence-electron chi connectivity index (χ2n) is 4.89. The largest absolute Gasteiger partial charge is 0.326 e. The molecule has 0 aromatic heterocycles. The van der Waals surface area contributed by atoms with Gasteiger partial charge in [-0.3, -0.25) is 4.79 Å². The number of anilines is 1. The first-order chi connectivity index (χ1) is 8.94. The van der Waals surface area contributed by atoms with Crippen LogP contribution in [0.25, 0.3) is 0 Å². The van der Waals surface area contributed by atoms with Crippen molar-refractivity contribution in [1.29, 1.82) is 0 Å². The zero-order valence-corrected chi connectivity index (χ0v) is 11.2. The molecule has 19 heavy (non-hydrogen) atoms. The van der Waals surface area contributed by atoms with Gasteiger partial charge < -0.3 is 5.32 Å². The average molecular weight is 285 g/mol. The monoisotopic (exact) mass is 285 g/mol. The van der Waals surface area contributed by atoms with Crippen LogP contribution < -0.4 is 5.32 Å². The van der Waals surface area contributed by atoms with Crippen LogP contribution in [0.3, 0.4) is 0 Å². The highest BCUT2D eigenvalue weighted by molar-refractivity contribution is 7.91. The van der Waals surface area contributed by atoms with E-state index in [1.807, 2.05) is 0 Å². The van der Waals surface area contributed by atoms with Crippen LogP contribution in [0.1, 0.15) is 19.3 Å². The molecule has 1 saturated heterocycles. The molecule has 1 aliphatic heterocycles. The molecular weight excluding hydrogens is 269 g/mol. The van der Waals surface area contributed by atoms with E-state index < -0.39 is 15.7 Å². The van der Waals surface area contributed by atoms with Crippen molar-refractivity contribution in [3.8, 4) is 0 Å². The second-order valence-corrected chi connectivity index (χ2v) is 7.11. The van der Waals surface area contributed by atoms with Crippen LogP contribution >= 0.6 is 0 Å². The van der Waals surface area contributed by atoms with Gasteiger partial charge in [-0.1, -0.05) is 6.07 Å². The van der Waals surface area contributed by atoms with E-state index in [9.17, 15) is 17.6 Å². The lowest BCUT2D eigenvalue weighted by molar-refractivity contribution is -0.117. The Morgan fingerprint density at radius 1 is 1.42 bits per heavy atom. The number of carbonyl (C=O) groups is 1. The molecule has 1 N–H and O–H groups in total. The predicted molar refractivity (Wildman–Crippen MR) is 71.0 cm³/mol. The van der Waals surface area contributed by atoms with Crippen LogP contribution in [0.5, 0.6) is 0 Å². The van der Waals surface area contributed by atoms with Crippen LogP contribution in [0, 0.1) is 11.7 Å². The summed E-state index contributed by atoms with van der Waals surface area (Å²) in [5.41, 5.74) is 0.392. The SMILES string of the molecule is O=C(CC1CCCS(=O)(=O)C1)Nc1cccc(F)c1. The summed E-state index contributed by atoms with van der Waals surface area (Å²) in [6, 6.07) is 5.63. The Bertz CT molecular complexity index is 571. The fourth-order valence-corrected chi connectivity index (χ4v) is 4.10. The Balaban J connectivity index is 1.91. The van der Waals surface area contributed by atoms with Gasteiger partial charge in [0.25, 0.3) is 0 Å². The van der Waals surface area contributed by atoms with Crippen molar-refractivity contribution in [3.63, 3.8) is 0 Å². The van der Waals surface area contributed by atoms with Gasteiger partial charge >= 0.3 is 0 Å². The molecule has 0 spiro atoms. The summed E-state index contributed by atoms with van der Waals surface area (Å²) >= 11 is 0. The number of benzene rings is 1. The van der Waals surface area contributed by atoms with Gasteiger partial charge in [-0.15, -0.1) is 0 Å². The minimum Gasteiger partial charge on any atom is -0.326 e. The average Bonchev–Trinajstić information content (AvgIpc) is 2.27. The topological polar surface area (TPSA) is 63.2 Å². The molecule has 0 aliphatic carbocycles. The quantitative estimate of drug-likeness (QED) is 0.923. The second kappa shape index (κ2) is 5.69. The maximum absolute atomic E-state index is 12.9. The van der Waals surface area contributed by atoms with E-state index in [0.717, 1.165) is 6.42 Å². The molecule has 1 fully saturated rings. The normalized spacial score (nSPS) is 21.8.